The fourth-order valence-electron chi connectivity index (χ4n) is 2.44. The smallest absolute Gasteiger partial charge is 0.346 e. The summed E-state index contributed by atoms with van der Waals surface area (Å²) in [5.74, 6) is 0.0328. The van der Waals surface area contributed by atoms with Crippen molar-refractivity contribution in [2.24, 2.45) is 0 Å². The van der Waals surface area contributed by atoms with Gasteiger partial charge in [-0.15, -0.1) is 0 Å². The molecule has 0 saturated heterocycles. The monoisotopic (exact) mass is 335 g/mol. The van der Waals surface area contributed by atoms with Gasteiger partial charge in [0.05, 0.1) is 12.7 Å². The maximum Gasteiger partial charge on any atom is 0.346 e. The van der Waals surface area contributed by atoms with E-state index in [1.807, 2.05) is 0 Å². The van der Waals surface area contributed by atoms with Crippen LogP contribution in [0, 0.1) is 5.21 Å². The number of hydroxylamine groups is 3. The van der Waals surface area contributed by atoms with Crippen LogP contribution in [0.25, 0.3) is 0 Å². The molecule has 1 aliphatic rings. The fraction of sp³-hybridized carbons (Fsp3) is 0.529. The predicted molar refractivity (Wildman–Crippen MR) is 87.0 cm³/mol. The second-order valence-corrected chi connectivity index (χ2v) is 6.84. The molecule has 131 valence electrons. The van der Waals surface area contributed by atoms with Crippen LogP contribution < -0.4 is 4.74 Å². The average molecular weight is 335 g/mol. The van der Waals surface area contributed by atoms with E-state index in [-0.39, 0.29) is 5.84 Å². The maximum atomic E-state index is 12.6. The Hall–Kier alpha value is -2.28. The average Bonchev–Trinajstić information content (AvgIpc) is 2.65. The third kappa shape index (κ3) is 2.69. The van der Waals surface area contributed by atoms with Crippen molar-refractivity contribution in [2.45, 2.75) is 51.8 Å². The Bertz CT molecular complexity index is 664. The molecule has 0 unspecified atom stereocenters. The second-order valence-electron chi connectivity index (χ2n) is 6.84. The van der Waals surface area contributed by atoms with Crippen LogP contribution in [-0.2, 0) is 14.7 Å². The second kappa shape index (κ2) is 5.98. The normalized spacial score (nSPS) is 20.0. The number of methoxy groups -OCH3 is 1. The molecule has 0 bridgehead atoms. The summed E-state index contributed by atoms with van der Waals surface area (Å²) >= 11 is 0. The van der Waals surface area contributed by atoms with Gasteiger partial charge < -0.3 is 14.7 Å². The van der Waals surface area contributed by atoms with Gasteiger partial charge in [0.1, 0.15) is 11.3 Å². The lowest BCUT2D eigenvalue weighted by Crippen LogP contribution is -2.53. The highest BCUT2D eigenvalue weighted by Crippen LogP contribution is 2.37. The number of hydrogen-bond acceptors (Lipinski definition) is 5. The third-order valence-corrected chi connectivity index (χ3v) is 4.86. The first kappa shape index (κ1) is 18.1. The van der Waals surface area contributed by atoms with Gasteiger partial charge in [-0.2, -0.15) is 0 Å². The number of amidine groups is 1. The van der Waals surface area contributed by atoms with E-state index >= 15 is 0 Å². The van der Waals surface area contributed by atoms with Crippen molar-refractivity contribution < 1.29 is 24.2 Å². The van der Waals surface area contributed by atoms with E-state index in [1.165, 1.54) is 7.11 Å². The molecule has 1 aromatic rings. The Morgan fingerprint density at radius 2 is 1.75 bits per heavy atom. The van der Waals surface area contributed by atoms with Crippen molar-refractivity contribution in [3.63, 3.8) is 0 Å². The standard InChI is InChI=1S/C17H23N2O5/c1-11(15(20)23-6)24-13-9-7-12(8-10-13)14-18(21)16(2,3)17(4,5)19(14)22/h7-11H,1-6H3/t11-/m0/s1. The topological polar surface area (TPSA) is 84.7 Å². The maximum absolute atomic E-state index is 12.6. The summed E-state index contributed by atoms with van der Waals surface area (Å²) in [6, 6.07) is 6.48. The van der Waals surface area contributed by atoms with Gasteiger partial charge in [-0.3, -0.25) is 4.74 Å². The zero-order valence-electron chi connectivity index (χ0n) is 14.8. The lowest BCUT2D eigenvalue weighted by Gasteiger charge is -2.32. The molecule has 2 rings (SSSR count). The first-order chi connectivity index (χ1) is 11.0. The number of esters is 1. The van der Waals surface area contributed by atoms with E-state index in [1.54, 1.807) is 58.9 Å². The SMILES string of the molecule is COC(=O)[C@H](C)Oc1ccc(C2=[N+]([O-])C(C)(C)C(C)(C)N2[O])cc1. The van der Waals surface area contributed by atoms with Crippen LogP contribution in [-0.4, -0.2) is 45.9 Å². The van der Waals surface area contributed by atoms with Crippen molar-refractivity contribution in [3.05, 3.63) is 35.0 Å². The van der Waals surface area contributed by atoms with Gasteiger partial charge in [0, 0.05) is 5.21 Å². The molecule has 0 aliphatic carbocycles. The van der Waals surface area contributed by atoms with Gasteiger partial charge in [-0.1, -0.05) is 5.06 Å². The van der Waals surface area contributed by atoms with Crippen LogP contribution in [0.3, 0.4) is 0 Å². The molecule has 24 heavy (non-hydrogen) atoms. The minimum absolute atomic E-state index is 0.0672. The molecule has 1 aliphatic heterocycles. The summed E-state index contributed by atoms with van der Waals surface area (Å²) in [5.41, 5.74) is -1.23. The van der Waals surface area contributed by atoms with Crippen LogP contribution in [0.4, 0.5) is 0 Å². The Kier molecular flexibility index (Phi) is 4.50. The molecule has 0 N–H and O–H groups in total. The van der Waals surface area contributed by atoms with E-state index in [9.17, 15) is 15.2 Å². The highest BCUT2D eigenvalue weighted by atomic mass is 16.6. The molecule has 0 spiro atoms. The molecule has 0 amide bonds. The predicted octanol–water partition coefficient (Wildman–Crippen LogP) is 2.10. The van der Waals surface area contributed by atoms with E-state index in [0.29, 0.717) is 11.3 Å². The fourth-order valence-corrected chi connectivity index (χ4v) is 2.44. The molecule has 7 heteroatoms. The van der Waals surface area contributed by atoms with Gasteiger partial charge in [-0.25, -0.2) is 4.79 Å². The van der Waals surface area contributed by atoms with Crippen LogP contribution in [0.5, 0.6) is 5.75 Å². The summed E-state index contributed by atoms with van der Waals surface area (Å²) in [6.45, 7) is 8.55. The van der Waals surface area contributed by atoms with Crippen LogP contribution in [0.2, 0.25) is 0 Å². The quantitative estimate of drug-likeness (QED) is 0.478. The molecule has 7 nitrogen and oxygen atoms in total. The molecular formula is C17H23N2O5. The number of hydrogen-bond donors (Lipinski definition) is 0. The van der Waals surface area contributed by atoms with Gasteiger partial charge in [-0.05, 0) is 58.9 Å². The van der Waals surface area contributed by atoms with Gasteiger partial charge in [0.25, 0.3) is 0 Å². The Morgan fingerprint density at radius 3 is 2.17 bits per heavy atom. The molecule has 1 aromatic carbocycles. The largest absolute Gasteiger partial charge is 0.714 e. The number of rotatable bonds is 4. The Balaban J connectivity index is 2.29. The van der Waals surface area contributed by atoms with Crippen molar-refractivity contribution in [1.29, 1.82) is 0 Å². The summed E-state index contributed by atoms with van der Waals surface area (Å²) in [6.07, 6.45) is -0.745. The molecule has 0 saturated carbocycles. The van der Waals surface area contributed by atoms with Gasteiger partial charge in [0.2, 0.25) is 0 Å². The Morgan fingerprint density at radius 1 is 1.21 bits per heavy atom. The van der Waals surface area contributed by atoms with Crippen molar-refractivity contribution >= 4 is 11.8 Å². The third-order valence-electron chi connectivity index (χ3n) is 4.86. The molecule has 0 fully saturated rings. The van der Waals surface area contributed by atoms with E-state index < -0.39 is 23.2 Å². The highest BCUT2D eigenvalue weighted by Gasteiger charge is 2.59. The summed E-state index contributed by atoms with van der Waals surface area (Å²) in [7, 11) is 1.29. The van der Waals surface area contributed by atoms with Crippen molar-refractivity contribution in [1.82, 2.24) is 5.06 Å². The first-order valence-corrected chi connectivity index (χ1v) is 7.70. The molecular weight excluding hydrogens is 312 g/mol. The minimum atomic E-state index is -0.862. The summed E-state index contributed by atoms with van der Waals surface area (Å²) in [4.78, 5) is 11.4. The van der Waals surface area contributed by atoms with E-state index in [2.05, 4.69) is 4.74 Å². The number of ether oxygens (including phenoxy) is 2. The van der Waals surface area contributed by atoms with Crippen molar-refractivity contribution in [2.75, 3.05) is 7.11 Å². The van der Waals surface area contributed by atoms with Crippen LogP contribution in [0.15, 0.2) is 24.3 Å². The zero-order valence-corrected chi connectivity index (χ0v) is 14.8. The molecule has 1 heterocycles. The van der Waals surface area contributed by atoms with Gasteiger partial charge in [0.15, 0.2) is 11.6 Å². The van der Waals surface area contributed by atoms with Gasteiger partial charge >= 0.3 is 11.8 Å². The zero-order chi connectivity index (χ0) is 18.3. The number of benzene rings is 1. The van der Waals surface area contributed by atoms with E-state index in [0.717, 1.165) is 9.80 Å². The number of carbonyl (C=O) groups is 1. The van der Waals surface area contributed by atoms with Crippen LogP contribution in [0.1, 0.15) is 40.2 Å². The molecule has 0 aromatic heterocycles. The number of carbonyl (C=O) groups excluding carboxylic acids is 1. The lowest BCUT2D eigenvalue weighted by atomic mass is 9.84. The van der Waals surface area contributed by atoms with Crippen molar-refractivity contribution in [3.8, 4) is 5.75 Å². The lowest BCUT2D eigenvalue weighted by molar-refractivity contribution is -0.539. The Labute approximate surface area is 141 Å². The summed E-state index contributed by atoms with van der Waals surface area (Å²) in [5, 5.41) is 25.9. The molecule has 1 radical (unpaired) electrons. The first-order valence-electron chi connectivity index (χ1n) is 7.70. The highest BCUT2D eigenvalue weighted by molar-refractivity contribution is 5.96. The summed E-state index contributed by atoms with van der Waals surface area (Å²) < 4.78 is 10.8. The minimum Gasteiger partial charge on any atom is -0.714 e. The van der Waals surface area contributed by atoms with E-state index in [4.69, 9.17) is 4.74 Å². The molecule has 1 atom stereocenters. The van der Waals surface area contributed by atoms with Crippen LogP contribution >= 0.6 is 0 Å². The number of nitrogens with zero attached hydrogens (tertiary/aromatic N) is 2.